The molecule has 0 saturated carbocycles. The lowest BCUT2D eigenvalue weighted by molar-refractivity contribution is -0.132. The van der Waals surface area contributed by atoms with Crippen LogP contribution in [0.3, 0.4) is 0 Å². The van der Waals surface area contributed by atoms with Gasteiger partial charge in [-0.15, -0.1) is 0 Å². The van der Waals surface area contributed by atoms with Gasteiger partial charge < -0.3 is 10.2 Å². The van der Waals surface area contributed by atoms with E-state index in [1.54, 1.807) is 0 Å². The van der Waals surface area contributed by atoms with Gasteiger partial charge in [0.2, 0.25) is 5.91 Å². The zero-order chi connectivity index (χ0) is 8.15. The largest absolute Gasteiger partial charge is 0.394 e. The molecule has 10 heavy (non-hydrogen) atoms. The van der Waals surface area contributed by atoms with E-state index < -0.39 is 18.6 Å². The molecular weight excluding hydrogens is 136 g/mol. The van der Waals surface area contributed by atoms with E-state index in [9.17, 15) is 4.79 Å². The van der Waals surface area contributed by atoms with Gasteiger partial charge >= 0.3 is 0 Å². The average Bonchev–Trinajstić information content (AvgIpc) is 1.87. The number of carbonyl (C=O) groups is 1. The second-order valence-electron chi connectivity index (χ2n) is 2.05. The van der Waals surface area contributed by atoms with E-state index in [1.165, 1.54) is 7.05 Å². The van der Waals surface area contributed by atoms with Gasteiger partial charge in [0, 0.05) is 7.05 Å². The molecule has 0 rings (SSSR count). The van der Waals surface area contributed by atoms with Crippen molar-refractivity contribution < 1.29 is 15.0 Å². The van der Waals surface area contributed by atoms with Crippen molar-refractivity contribution >= 4 is 5.91 Å². The third-order valence-corrected chi connectivity index (χ3v) is 1.01. The summed E-state index contributed by atoms with van der Waals surface area (Å²) in [6.07, 6.45) is -1.14. The summed E-state index contributed by atoms with van der Waals surface area (Å²) in [5.74, 6) is 4.63. The topological polar surface area (TPSA) is 86.8 Å². The van der Waals surface area contributed by atoms with Gasteiger partial charge in [0.05, 0.1) is 19.1 Å². The van der Waals surface area contributed by atoms with Crippen molar-refractivity contribution in [1.29, 1.82) is 0 Å². The molecule has 0 aromatic carbocycles. The molecule has 4 N–H and O–H groups in total. The minimum atomic E-state index is -1.00. The predicted octanol–water partition coefficient (Wildman–Crippen LogP) is -1.94. The first kappa shape index (κ1) is 9.35. The Morgan fingerprint density at radius 1 is 1.80 bits per heavy atom. The Morgan fingerprint density at radius 3 is 2.60 bits per heavy atom. The van der Waals surface area contributed by atoms with Crippen molar-refractivity contribution in [2.45, 2.75) is 12.5 Å². The fourth-order valence-corrected chi connectivity index (χ4v) is 0.410. The lowest BCUT2D eigenvalue weighted by atomic mass is 10.2. The van der Waals surface area contributed by atoms with Crippen LogP contribution in [-0.2, 0) is 4.79 Å². The summed E-state index contributed by atoms with van der Waals surface area (Å²) in [4.78, 5) is 10.6. The summed E-state index contributed by atoms with van der Waals surface area (Å²) in [6.45, 7) is -0.417. The Kier molecular flexibility index (Phi) is 3.94. The number of rotatable bonds is 3. The lowest BCUT2D eigenvalue weighted by Crippen LogP contribution is -2.36. The predicted molar refractivity (Wildman–Crippen MR) is 34.7 cm³/mol. The Balaban J connectivity index is 3.57. The van der Waals surface area contributed by atoms with Crippen LogP contribution >= 0.6 is 0 Å². The Labute approximate surface area is 59.0 Å². The number of aliphatic hydroxyl groups is 2. The number of hydrogen-bond donors (Lipinski definition) is 3. The SMILES string of the molecule is CN(N)C(=O)CC(O)CO. The molecule has 0 aliphatic rings. The maximum absolute atomic E-state index is 10.6. The Bertz CT molecular complexity index is 115. The molecule has 1 unspecified atom stereocenters. The van der Waals surface area contributed by atoms with E-state index in [1.807, 2.05) is 0 Å². The minimum absolute atomic E-state index is 0.135. The first-order chi connectivity index (χ1) is 4.57. The molecule has 0 aliphatic heterocycles. The van der Waals surface area contributed by atoms with Gasteiger partial charge in [-0.3, -0.25) is 9.80 Å². The summed E-state index contributed by atoms with van der Waals surface area (Å²) in [6, 6.07) is 0. The summed E-state index contributed by atoms with van der Waals surface area (Å²) < 4.78 is 0. The van der Waals surface area contributed by atoms with E-state index in [-0.39, 0.29) is 6.42 Å². The van der Waals surface area contributed by atoms with Gasteiger partial charge in [0.1, 0.15) is 0 Å². The van der Waals surface area contributed by atoms with E-state index in [0.29, 0.717) is 0 Å². The fraction of sp³-hybridized carbons (Fsp3) is 0.800. The van der Waals surface area contributed by atoms with Crippen molar-refractivity contribution in [2.75, 3.05) is 13.7 Å². The van der Waals surface area contributed by atoms with Gasteiger partial charge in [0.25, 0.3) is 0 Å². The van der Waals surface area contributed by atoms with Gasteiger partial charge in [-0.05, 0) is 0 Å². The number of aliphatic hydroxyl groups excluding tert-OH is 2. The van der Waals surface area contributed by atoms with Crippen LogP contribution in [0.1, 0.15) is 6.42 Å². The minimum Gasteiger partial charge on any atom is -0.394 e. The van der Waals surface area contributed by atoms with E-state index in [0.717, 1.165) is 5.01 Å². The highest BCUT2D eigenvalue weighted by Crippen LogP contribution is 1.91. The van der Waals surface area contributed by atoms with Crippen LogP contribution in [0, 0.1) is 0 Å². The highest BCUT2D eigenvalue weighted by Gasteiger charge is 2.10. The van der Waals surface area contributed by atoms with Crippen LogP contribution in [0.2, 0.25) is 0 Å². The summed E-state index contributed by atoms with van der Waals surface area (Å²) in [7, 11) is 1.38. The second-order valence-corrected chi connectivity index (χ2v) is 2.05. The lowest BCUT2D eigenvalue weighted by Gasteiger charge is -2.11. The van der Waals surface area contributed by atoms with Crippen molar-refractivity contribution in [2.24, 2.45) is 5.84 Å². The molecule has 5 nitrogen and oxygen atoms in total. The molecule has 0 bridgehead atoms. The molecule has 0 saturated heterocycles. The molecular formula is C5H12N2O3. The number of nitrogens with two attached hydrogens (primary N) is 1. The number of carbonyl (C=O) groups excluding carboxylic acids is 1. The smallest absolute Gasteiger partial charge is 0.238 e. The zero-order valence-corrected chi connectivity index (χ0v) is 5.82. The normalized spacial score (nSPS) is 12.8. The Hall–Kier alpha value is -0.650. The van der Waals surface area contributed by atoms with Crippen LogP contribution in [0.4, 0.5) is 0 Å². The average molecular weight is 148 g/mol. The van der Waals surface area contributed by atoms with Crippen molar-refractivity contribution in [3.8, 4) is 0 Å². The highest BCUT2D eigenvalue weighted by atomic mass is 16.3. The molecule has 5 heteroatoms. The van der Waals surface area contributed by atoms with Crippen LogP contribution in [-0.4, -0.2) is 40.9 Å². The summed E-state index contributed by atoms with van der Waals surface area (Å²) in [5.41, 5.74) is 0. The molecule has 0 spiro atoms. The summed E-state index contributed by atoms with van der Waals surface area (Å²) in [5, 5.41) is 17.9. The fourth-order valence-electron chi connectivity index (χ4n) is 0.410. The van der Waals surface area contributed by atoms with Crippen LogP contribution in [0.5, 0.6) is 0 Å². The van der Waals surface area contributed by atoms with Gasteiger partial charge in [-0.2, -0.15) is 0 Å². The van der Waals surface area contributed by atoms with E-state index in [4.69, 9.17) is 16.1 Å². The van der Waals surface area contributed by atoms with Crippen LogP contribution in [0.15, 0.2) is 0 Å². The van der Waals surface area contributed by atoms with Gasteiger partial charge in [0.15, 0.2) is 0 Å². The van der Waals surface area contributed by atoms with Crippen LogP contribution in [0.25, 0.3) is 0 Å². The highest BCUT2D eigenvalue weighted by molar-refractivity contribution is 5.75. The number of hydrazine groups is 1. The molecule has 0 fully saturated rings. The first-order valence-electron chi connectivity index (χ1n) is 2.88. The third-order valence-electron chi connectivity index (χ3n) is 1.01. The van der Waals surface area contributed by atoms with Crippen LogP contribution < -0.4 is 5.84 Å². The number of amides is 1. The van der Waals surface area contributed by atoms with E-state index in [2.05, 4.69) is 0 Å². The molecule has 60 valence electrons. The van der Waals surface area contributed by atoms with Crippen molar-refractivity contribution in [1.82, 2.24) is 5.01 Å². The maximum atomic E-state index is 10.6. The third kappa shape index (κ3) is 3.39. The van der Waals surface area contributed by atoms with Crippen molar-refractivity contribution in [3.63, 3.8) is 0 Å². The monoisotopic (exact) mass is 148 g/mol. The quantitative estimate of drug-likeness (QED) is 0.247. The number of hydrogen-bond acceptors (Lipinski definition) is 4. The molecule has 0 aliphatic carbocycles. The molecule has 0 aromatic rings. The maximum Gasteiger partial charge on any atom is 0.238 e. The summed E-state index contributed by atoms with van der Waals surface area (Å²) >= 11 is 0. The number of nitrogens with zero attached hydrogens (tertiary/aromatic N) is 1. The molecule has 0 heterocycles. The van der Waals surface area contributed by atoms with Crippen molar-refractivity contribution in [3.05, 3.63) is 0 Å². The molecule has 0 aromatic heterocycles. The molecule has 1 amide bonds. The standard InChI is InChI=1S/C5H12N2O3/c1-7(6)5(10)2-4(9)3-8/h4,8-9H,2-3,6H2,1H3. The van der Waals surface area contributed by atoms with E-state index >= 15 is 0 Å². The van der Waals surface area contributed by atoms with Gasteiger partial charge in [-0.25, -0.2) is 5.84 Å². The second kappa shape index (κ2) is 4.21. The molecule has 1 atom stereocenters. The first-order valence-corrected chi connectivity index (χ1v) is 2.88. The molecule has 0 radical (unpaired) electrons. The Morgan fingerprint density at radius 2 is 2.30 bits per heavy atom. The van der Waals surface area contributed by atoms with Gasteiger partial charge in [-0.1, -0.05) is 0 Å². The zero-order valence-electron chi connectivity index (χ0n) is 5.82.